The fourth-order valence-corrected chi connectivity index (χ4v) is 8.49. The van der Waals surface area contributed by atoms with Crippen molar-refractivity contribution in [1.29, 1.82) is 0 Å². The predicted octanol–water partition coefficient (Wildman–Crippen LogP) is 6.15. The van der Waals surface area contributed by atoms with E-state index in [0.29, 0.717) is 0 Å². The summed E-state index contributed by atoms with van der Waals surface area (Å²) in [5.74, 6) is 0. The summed E-state index contributed by atoms with van der Waals surface area (Å²) >= 11 is 0. The molecule has 0 atom stereocenters. The van der Waals surface area contributed by atoms with Gasteiger partial charge in [0.1, 0.15) is 0 Å². The highest BCUT2D eigenvalue weighted by molar-refractivity contribution is 6.95. The molecule has 6 aromatic carbocycles. The molecule has 0 aliphatic carbocycles. The Morgan fingerprint density at radius 2 is 0.758 bits per heavy atom. The van der Waals surface area contributed by atoms with Gasteiger partial charge in [0.25, 0.3) is 0 Å². The molecular weight excluding hydrogens is 420 g/mol. The Balaban J connectivity index is 1.79. The first-order chi connectivity index (χ1) is 16.3. The normalized spacial score (nSPS) is 12.2. The van der Waals surface area contributed by atoms with Crippen molar-refractivity contribution in [2.75, 3.05) is 14.2 Å². The molecule has 0 fully saturated rings. The van der Waals surface area contributed by atoms with Gasteiger partial charge in [0, 0.05) is 24.6 Å². The van der Waals surface area contributed by atoms with Crippen LogP contribution < -0.4 is 10.4 Å². The Hall–Kier alpha value is -3.50. The first-order valence-electron chi connectivity index (χ1n) is 11.2. The maximum absolute atomic E-state index is 6.49. The summed E-state index contributed by atoms with van der Waals surface area (Å²) in [7, 11) is 0.532. The third kappa shape index (κ3) is 2.94. The van der Waals surface area contributed by atoms with Crippen LogP contribution in [-0.4, -0.2) is 22.8 Å². The van der Waals surface area contributed by atoms with Crippen LogP contribution in [0, 0.1) is 0 Å². The fourth-order valence-electron chi connectivity index (χ4n) is 5.32. The van der Waals surface area contributed by atoms with Gasteiger partial charge in [-0.1, -0.05) is 97.1 Å². The first-order valence-corrected chi connectivity index (χ1v) is 13.0. The lowest BCUT2D eigenvalue weighted by Gasteiger charge is -2.31. The average Bonchev–Trinajstić information content (AvgIpc) is 2.89. The van der Waals surface area contributed by atoms with Crippen LogP contribution in [0.4, 0.5) is 0 Å². The van der Waals surface area contributed by atoms with Gasteiger partial charge in [-0.25, -0.2) is 0 Å². The van der Waals surface area contributed by atoms with Gasteiger partial charge in [-0.15, -0.1) is 0 Å². The van der Waals surface area contributed by atoms with Crippen molar-refractivity contribution >= 4 is 62.0 Å². The standard InChI is InChI=1S/C30H24O2Si/c1-31-33(32-2,29-19-21-11-3-5-13-23(21)25-15-7-9-17-27(25)29)30-20-22-12-4-6-14-24(22)26-16-8-10-18-28(26)30/h3-20H,1-2H3. The Morgan fingerprint density at radius 1 is 0.424 bits per heavy atom. The molecule has 0 saturated carbocycles. The van der Waals surface area contributed by atoms with Gasteiger partial charge in [0.15, 0.2) is 0 Å². The largest absolute Gasteiger partial charge is 0.407 e. The van der Waals surface area contributed by atoms with Gasteiger partial charge < -0.3 is 8.85 Å². The van der Waals surface area contributed by atoms with Gasteiger partial charge in [0.05, 0.1) is 0 Å². The molecule has 0 N–H and O–H groups in total. The molecule has 0 saturated heterocycles. The minimum atomic E-state index is -3.06. The summed E-state index contributed by atoms with van der Waals surface area (Å²) in [6, 6.07) is 38.9. The number of fused-ring (bicyclic) bond motifs is 6. The van der Waals surface area contributed by atoms with Crippen molar-refractivity contribution in [3.05, 3.63) is 109 Å². The van der Waals surface area contributed by atoms with E-state index in [-0.39, 0.29) is 0 Å². The number of hydrogen-bond donors (Lipinski definition) is 0. The van der Waals surface area contributed by atoms with Crippen molar-refractivity contribution in [3.63, 3.8) is 0 Å². The fraction of sp³-hybridized carbons (Fsp3) is 0.0667. The summed E-state index contributed by atoms with van der Waals surface area (Å²) in [4.78, 5) is 0. The molecule has 0 amide bonds. The van der Waals surface area contributed by atoms with Crippen LogP contribution in [0.25, 0.3) is 43.1 Å². The number of benzene rings is 6. The molecule has 0 unspecified atom stereocenters. The van der Waals surface area contributed by atoms with Gasteiger partial charge in [-0.3, -0.25) is 0 Å². The van der Waals surface area contributed by atoms with E-state index in [0.717, 1.165) is 10.4 Å². The van der Waals surface area contributed by atoms with Crippen molar-refractivity contribution in [1.82, 2.24) is 0 Å². The van der Waals surface area contributed by atoms with Crippen LogP contribution in [0.2, 0.25) is 0 Å². The highest BCUT2D eigenvalue weighted by atomic mass is 28.4. The smallest absolute Gasteiger partial charge is 0.391 e. The second-order valence-electron chi connectivity index (χ2n) is 8.41. The zero-order valence-electron chi connectivity index (χ0n) is 18.7. The van der Waals surface area contributed by atoms with E-state index in [9.17, 15) is 0 Å². The predicted molar refractivity (Wildman–Crippen MR) is 142 cm³/mol. The molecule has 0 aromatic heterocycles. The van der Waals surface area contributed by atoms with Crippen LogP contribution >= 0.6 is 0 Å². The van der Waals surface area contributed by atoms with E-state index in [4.69, 9.17) is 8.85 Å². The van der Waals surface area contributed by atoms with Gasteiger partial charge >= 0.3 is 8.56 Å². The molecule has 0 aliphatic rings. The summed E-state index contributed by atoms with van der Waals surface area (Å²) in [6.07, 6.45) is 0. The minimum absolute atomic E-state index is 1.14. The monoisotopic (exact) mass is 444 g/mol. The summed E-state index contributed by atoms with van der Waals surface area (Å²) < 4.78 is 13.0. The molecule has 0 bridgehead atoms. The number of hydrogen-bond acceptors (Lipinski definition) is 2. The molecule has 160 valence electrons. The van der Waals surface area contributed by atoms with Crippen LogP contribution in [0.3, 0.4) is 0 Å². The zero-order chi connectivity index (χ0) is 22.4. The summed E-state index contributed by atoms with van der Waals surface area (Å²) in [6.45, 7) is 0. The van der Waals surface area contributed by atoms with Crippen molar-refractivity contribution < 1.29 is 8.85 Å². The van der Waals surface area contributed by atoms with Crippen molar-refractivity contribution in [2.45, 2.75) is 0 Å². The van der Waals surface area contributed by atoms with Crippen LogP contribution in [0.5, 0.6) is 0 Å². The van der Waals surface area contributed by atoms with Crippen LogP contribution in [-0.2, 0) is 8.85 Å². The van der Waals surface area contributed by atoms with E-state index < -0.39 is 8.56 Å². The minimum Gasteiger partial charge on any atom is -0.391 e. The molecule has 6 rings (SSSR count). The molecule has 0 aliphatic heterocycles. The van der Waals surface area contributed by atoms with E-state index >= 15 is 0 Å². The molecule has 2 nitrogen and oxygen atoms in total. The Labute approximate surface area is 194 Å². The Kier molecular flexibility index (Phi) is 4.77. The molecule has 0 heterocycles. The zero-order valence-corrected chi connectivity index (χ0v) is 19.7. The second kappa shape index (κ2) is 7.82. The van der Waals surface area contributed by atoms with Gasteiger partial charge in [-0.2, -0.15) is 0 Å². The quantitative estimate of drug-likeness (QED) is 0.240. The molecule has 33 heavy (non-hydrogen) atoms. The topological polar surface area (TPSA) is 18.5 Å². The lowest BCUT2D eigenvalue weighted by Crippen LogP contribution is -2.62. The van der Waals surface area contributed by atoms with E-state index in [1.807, 2.05) is 0 Å². The molecule has 6 aromatic rings. The van der Waals surface area contributed by atoms with Gasteiger partial charge in [-0.05, 0) is 55.2 Å². The summed E-state index contributed by atoms with van der Waals surface area (Å²) in [5.41, 5.74) is 0. The van der Waals surface area contributed by atoms with Crippen molar-refractivity contribution in [2.24, 2.45) is 0 Å². The lowest BCUT2D eigenvalue weighted by molar-refractivity contribution is 0.273. The molecular formula is C30H24O2Si. The van der Waals surface area contributed by atoms with E-state index in [2.05, 4.69) is 109 Å². The first kappa shape index (κ1) is 20.1. The summed E-state index contributed by atoms with van der Waals surface area (Å²) in [5, 5.41) is 12.0. The third-order valence-corrected chi connectivity index (χ3v) is 10.2. The maximum atomic E-state index is 6.49. The van der Waals surface area contributed by atoms with E-state index in [1.54, 1.807) is 14.2 Å². The SMILES string of the molecule is CO[Si](OC)(c1cc2ccccc2c2ccccc12)c1cc2ccccc2c2ccccc12. The Morgan fingerprint density at radius 3 is 1.15 bits per heavy atom. The maximum Gasteiger partial charge on any atom is 0.407 e. The molecule has 0 spiro atoms. The Bertz CT molecular complexity index is 1530. The lowest BCUT2D eigenvalue weighted by atomic mass is 10.0. The van der Waals surface area contributed by atoms with E-state index in [1.165, 1.54) is 43.1 Å². The second-order valence-corrected chi connectivity index (χ2v) is 11.5. The van der Waals surface area contributed by atoms with Crippen LogP contribution in [0.1, 0.15) is 0 Å². The van der Waals surface area contributed by atoms with Gasteiger partial charge in [0.2, 0.25) is 0 Å². The highest BCUT2D eigenvalue weighted by Gasteiger charge is 2.44. The number of rotatable bonds is 4. The third-order valence-electron chi connectivity index (χ3n) is 6.82. The van der Waals surface area contributed by atoms with Crippen LogP contribution in [0.15, 0.2) is 109 Å². The average molecular weight is 445 g/mol. The highest BCUT2D eigenvalue weighted by Crippen LogP contribution is 2.30. The molecule has 0 radical (unpaired) electrons. The molecule has 3 heteroatoms. The van der Waals surface area contributed by atoms with Crippen molar-refractivity contribution in [3.8, 4) is 0 Å².